The van der Waals surface area contributed by atoms with Crippen LogP contribution in [0.1, 0.15) is 26.3 Å². The second kappa shape index (κ2) is 10.9. The maximum absolute atomic E-state index is 8.17. The topological polar surface area (TPSA) is 17.1 Å². The molecule has 0 aliphatic rings. The summed E-state index contributed by atoms with van der Waals surface area (Å²) in [5.74, 6) is 0. The SMILES string of the molecule is CC[N+](CC)(CC)Cc1ccccc1.Cl.[O]=[Al]. The van der Waals surface area contributed by atoms with Crippen molar-refractivity contribution >= 4 is 28.6 Å². The van der Waals surface area contributed by atoms with E-state index in [1.54, 1.807) is 0 Å². The molecule has 2 nitrogen and oxygen atoms in total. The molecule has 0 unspecified atom stereocenters. The Morgan fingerprint density at radius 2 is 1.35 bits per heavy atom. The zero-order valence-electron chi connectivity index (χ0n) is 11.1. The van der Waals surface area contributed by atoms with Gasteiger partial charge in [-0.1, -0.05) is 30.3 Å². The van der Waals surface area contributed by atoms with Gasteiger partial charge in [-0.2, -0.15) is 0 Å². The average molecular weight is 272 g/mol. The van der Waals surface area contributed by atoms with Crippen molar-refractivity contribution in [3.05, 3.63) is 35.9 Å². The average Bonchev–Trinajstić information content (AvgIpc) is 2.40. The van der Waals surface area contributed by atoms with E-state index in [-0.39, 0.29) is 12.4 Å². The van der Waals surface area contributed by atoms with Crippen molar-refractivity contribution in [1.82, 2.24) is 0 Å². The number of quaternary nitrogens is 1. The predicted molar refractivity (Wildman–Crippen MR) is 75.7 cm³/mol. The van der Waals surface area contributed by atoms with Crippen LogP contribution in [0.4, 0.5) is 0 Å². The Bertz CT molecular complexity index is 270. The van der Waals surface area contributed by atoms with Crippen LogP contribution < -0.4 is 0 Å². The van der Waals surface area contributed by atoms with Crippen molar-refractivity contribution in [2.75, 3.05) is 19.6 Å². The van der Waals surface area contributed by atoms with Gasteiger partial charge in [0.1, 0.15) is 6.54 Å². The van der Waals surface area contributed by atoms with Gasteiger partial charge in [-0.3, -0.25) is 0 Å². The summed E-state index contributed by atoms with van der Waals surface area (Å²) in [6.45, 7) is 11.7. The predicted octanol–water partition coefficient (Wildman–Crippen LogP) is 2.99. The van der Waals surface area contributed by atoms with Crippen molar-refractivity contribution in [3.63, 3.8) is 0 Å². The fourth-order valence-corrected chi connectivity index (χ4v) is 1.98. The summed E-state index contributed by atoms with van der Waals surface area (Å²) in [4.78, 5) is 0. The van der Waals surface area contributed by atoms with Crippen LogP contribution in [0.2, 0.25) is 0 Å². The molecular formula is C13H23AlClNO+. The first-order valence-corrected chi connectivity index (χ1v) is 6.36. The molecule has 1 aromatic rings. The van der Waals surface area contributed by atoms with Crippen molar-refractivity contribution in [2.24, 2.45) is 0 Å². The number of nitrogens with zero attached hydrogens (tertiary/aromatic N) is 1. The molecule has 0 saturated carbocycles. The molecule has 0 N–H and O–H groups in total. The van der Waals surface area contributed by atoms with E-state index in [2.05, 4.69) is 51.1 Å². The molecule has 95 valence electrons. The van der Waals surface area contributed by atoms with E-state index < -0.39 is 0 Å². The third-order valence-corrected chi connectivity index (χ3v) is 3.37. The molecule has 0 spiro atoms. The summed E-state index contributed by atoms with van der Waals surface area (Å²) in [5, 5.41) is 0. The molecule has 0 bridgehead atoms. The molecule has 0 amide bonds. The molecule has 0 aliphatic carbocycles. The van der Waals surface area contributed by atoms with Gasteiger partial charge in [0.25, 0.3) is 0 Å². The van der Waals surface area contributed by atoms with Crippen LogP contribution in [0.5, 0.6) is 0 Å². The first-order valence-electron chi connectivity index (χ1n) is 5.89. The number of halogens is 1. The summed E-state index contributed by atoms with van der Waals surface area (Å²) >= 11 is 1.17. The van der Waals surface area contributed by atoms with Crippen molar-refractivity contribution < 1.29 is 8.29 Å². The van der Waals surface area contributed by atoms with Gasteiger partial charge in [0.2, 0.25) is 0 Å². The van der Waals surface area contributed by atoms with E-state index >= 15 is 0 Å². The third-order valence-electron chi connectivity index (χ3n) is 3.37. The zero-order valence-corrected chi connectivity index (χ0v) is 13.0. The van der Waals surface area contributed by atoms with E-state index in [0.717, 1.165) is 0 Å². The Morgan fingerprint density at radius 3 is 1.71 bits per heavy atom. The number of hydrogen-bond donors (Lipinski definition) is 0. The van der Waals surface area contributed by atoms with Gasteiger partial charge in [-0.05, 0) is 20.8 Å². The molecule has 1 rings (SSSR count). The van der Waals surface area contributed by atoms with Gasteiger partial charge in [0, 0.05) is 5.56 Å². The number of rotatable bonds is 5. The van der Waals surface area contributed by atoms with Crippen LogP contribution in [0.15, 0.2) is 30.3 Å². The molecule has 4 heteroatoms. The van der Waals surface area contributed by atoms with Gasteiger partial charge in [0.05, 0.1) is 19.6 Å². The molecular weight excluding hydrogens is 249 g/mol. The molecule has 0 aliphatic heterocycles. The monoisotopic (exact) mass is 271 g/mol. The molecule has 0 aromatic heterocycles. The Kier molecular flexibility index (Phi) is 12.3. The molecule has 1 radical (unpaired) electrons. The Labute approximate surface area is 120 Å². The van der Waals surface area contributed by atoms with Gasteiger partial charge in [-0.25, -0.2) is 0 Å². The molecule has 1 aromatic carbocycles. The normalized spacial score (nSPS) is 9.76. The molecule has 17 heavy (non-hydrogen) atoms. The first kappa shape index (κ1) is 19.1. The minimum atomic E-state index is 0. The van der Waals surface area contributed by atoms with Crippen LogP contribution in [-0.2, 0) is 10.3 Å². The number of benzene rings is 1. The van der Waals surface area contributed by atoms with Crippen LogP contribution in [0.3, 0.4) is 0 Å². The first-order chi connectivity index (χ1) is 7.76. The summed E-state index contributed by atoms with van der Waals surface area (Å²) < 4.78 is 9.37. The van der Waals surface area contributed by atoms with Crippen molar-refractivity contribution in [1.29, 1.82) is 0 Å². The van der Waals surface area contributed by atoms with Crippen LogP contribution >= 0.6 is 12.4 Å². The van der Waals surface area contributed by atoms with Gasteiger partial charge < -0.3 is 4.48 Å². The van der Waals surface area contributed by atoms with Crippen molar-refractivity contribution in [2.45, 2.75) is 27.3 Å². The zero-order chi connectivity index (χ0) is 12.4. The summed E-state index contributed by atoms with van der Waals surface area (Å²) in [6, 6.07) is 10.8. The van der Waals surface area contributed by atoms with E-state index in [0.29, 0.717) is 0 Å². The van der Waals surface area contributed by atoms with E-state index in [1.807, 2.05) is 0 Å². The van der Waals surface area contributed by atoms with Crippen LogP contribution in [0.25, 0.3) is 0 Å². The van der Waals surface area contributed by atoms with Crippen LogP contribution in [0, 0.1) is 0 Å². The summed E-state index contributed by atoms with van der Waals surface area (Å²) in [5.41, 5.74) is 1.46. The maximum atomic E-state index is 8.17. The third kappa shape index (κ3) is 6.33. The minimum absolute atomic E-state index is 0. The fourth-order valence-electron chi connectivity index (χ4n) is 1.98. The number of hydrogen-bond acceptors (Lipinski definition) is 1. The quantitative estimate of drug-likeness (QED) is 0.594. The van der Waals surface area contributed by atoms with E-state index in [1.165, 1.54) is 52.5 Å². The summed E-state index contributed by atoms with van der Waals surface area (Å²) in [6.07, 6.45) is 0. The molecule has 0 atom stereocenters. The van der Waals surface area contributed by atoms with Gasteiger partial charge >= 0.3 is 20.0 Å². The van der Waals surface area contributed by atoms with E-state index in [4.69, 9.17) is 3.80 Å². The van der Waals surface area contributed by atoms with Gasteiger partial charge in [0.15, 0.2) is 0 Å². The van der Waals surface area contributed by atoms with Crippen molar-refractivity contribution in [3.8, 4) is 0 Å². The Balaban J connectivity index is 0. The molecule has 0 saturated heterocycles. The molecule has 0 fully saturated rings. The van der Waals surface area contributed by atoms with E-state index in [9.17, 15) is 0 Å². The molecule has 0 heterocycles. The summed E-state index contributed by atoms with van der Waals surface area (Å²) in [7, 11) is 0. The van der Waals surface area contributed by atoms with Crippen LogP contribution in [-0.4, -0.2) is 40.3 Å². The second-order valence-corrected chi connectivity index (χ2v) is 3.93. The second-order valence-electron chi connectivity index (χ2n) is 3.93. The standard InChI is InChI=1S/C13H22N.Al.ClH.O/c1-4-14(5-2,6-3)12-13-10-8-7-9-11-13;;;/h7-11H,4-6,12H2,1-3H3;;1H;/q+1;;;. The Hall–Kier alpha value is -0.198. The Morgan fingerprint density at radius 1 is 0.941 bits per heavy atom. The fraction of sp³-hybridized carbons (Fsp3) is 0.538. The van der Waals surface area contributed by atoms with Gasteiger partial charge in [-0.15, -0.1) is 12.4 Å².